The van der Waals surface area contributed by atoms with E-state index in [1.165, 1.54) is 6.07 Å². The van der Waals surface area contributed by atoms with E-state index in [4.69, 9.17) is 5.26 Å². The van der Waals surface area contributed by atoms with Gasteiger partial charge in [0.05, 0.1) is 6.07 Å². The van der Waals surface area contributed by atoms with Gasteiger partial charge in [-0.3, -0.25) is 5.32 Å². The van der Waals surface area contributed by atoms with E-state index in [-0.39, 0.29) is 5.82 Å². The Morgan fingerprint density at radius 2 is 2.27 bits per heavy atom. The number of aryl methyl sites for hydroxylation is 1. The summed E-state index contributed by atoms with van der Waals surface area (Å²) in [7, 11) is 0. The molecule has 1 aliphatic rings. The molecular formula is C12H13FN2. The molecule has 0 saturated heterocycles. The minimum absolute atomic E-state index is 0.305. The first-order valence-corrected chi connectivity index (χ1v) is 5.12. The molecule has 1 N–H and O–H groups in total. The molecule has 0 spiro atoms. The average molecular weight is 204 g/mol. The number of halogens is 1. The number of nitrogens with zero attached hydrogens (tertiary/aromatic N) is 1. The van der Waals surface area contributed by atoms with Crippen molar-refractivity contribution < 1.29 is 4.39 Å². The molecule has 1 aliphatic carbocycles. The highest BCUT2D eigenvalue weighted by Gasteiger charge is 2.26. The molecular weight excluding hydrogens is 191 g/mol. The van der Waals surface area contributed by atoms with Crippen molar-refractivity contribution in [1.82, 2.24) is 5.32 Å². The van der Waals surface area contributed by atoms with Gasteiger partial charge < -0.3 is 0 Å². The maximum Gasteiger partial charge on any atom is 0.129 e. The Balaban J connectivity index is 2.24. The van der Waals surface area contributed by atoms with E-state index >= 15 is 0 Å². The van der Waals surface area contributed by atoms with Crippen LogP contribution in [-0.2, 0) is 0 Å². The highest BCUT2D eigenvalue weighted by Crippen LogP contribution is 2.25. The van der Waals surface area contributed by atoms with Gasteiger partial charge in [0.2, 0.25) is 0 Å². The Morgan fingerprint density at radius 3 is 2.87 bits per heavy atom. The van der Waals surface area contributed by atoms with Crippen LogP contribution in [0.1, 0.15) is 30.0 Å². The van der Waals surface area contributed by atoms with Crippen LogP contribution < -0.4 is 5.32 Å². The third-order valence-electron chi connectivity index (χ3n) is 2.57. The largest absolute Gasteiger partial charge is 0.295 e. The van der Waals surface area contributed by atoms with Crippen LogP contribution in [-0.4, -0.2) is 6.04 Å². The second-order valence-electron chi connectivity index (χ2n) is 4.03. The van der Waals surface area contributed by atoms with Crippen molar-refractivity contribution in [2.45, 2.75) is 31.8 Å². The van der Waals surface area contributed by atoms with Gasteiger partial charge in [0.25, 0.3) is 0 Å². The predicted molar refractivity (Wildman–Crippen MR) is 55.6 cm³/mol. The molecule has 15 heavy (non-hydrogen) atoms. The van der Waals surface area contributed by atoms with E-state index in [2.05, 4.69) is 11.4 Å². The van der Waals surface area contributed by atoms with Crippen LogP contribution in [0.3, 0.4) is 0 Å². The Kier molecular flexibility index (Phi) is 2.70. The van der Waals surface area contributed by atoms with Crippen LogP contribution in [0, 0.1) is 24.1 Å². The van der Waals surface area contributed by atoms with Crippen LogP contribution in [0.25, 0.3) is 0 Å². The molecule has 3 heteroatoms. The van der Waals surface area contributed by atoms with Gasteiger partial charge in [-0.05, 0) is 25.8 Å². The minimum atomic E-state index is -0.516. The maximum absolute atomic E-state index is 13.5. The fourth-order valence-electron chi connectivity index (χ4n) is 1.57. The van der Waals surface area contributed by atoms with Crippen molar-refractivity contribution in [2.75, 3.05) is 0 Å². The summed E-state index contributed by atoms with van der Waals surface area (Å²) < 4.78 is 13.5. The Morgan fingerprint density at radius 1 is 1.53 bits per heavy atom. The molecule has 2 nitrogen and oxygen atoms in total. The summed E-state index contributed by atoms with van der Waals surface area (Å²) in [5.74, 6) is -0.305. The first-order chi connectivity index (χ1) is 7.20. The smallest absolute Gasteiger partial charge is 0.129 e. The zero-order valence-corrected chi connectivity index (χ0v) is 8.63. The number of hydrogen-bond acceptors (Lipinski definition) is 2. The van der Waals surface area contributed by atoms with Crippen LogP contribution >= 0.6 is 0 Å². The fourth-order valence-corrected chi connectivity index (χ4v) is 1.57. The first kappa shape index (κ1) is 10.1. The molecule has 0 aliphatic heterocycles. The predicted octanol–water partition coefficient (Wildman–Crippen LogP) is 2.45. The third-order valence-corrected chi connectivity index (χ3v) is 2.57. The number of hydrogen-bond donors (Lipinski definition) is 1. The molecule has 78 valence electrons. The van der Waals surface area contributed by atoms with Crippen molar-refractivity contribution in [3.63, 3.8) is 0 Å². The highest BCUT2D eigenvalue weighted by atomic mass is 19.1. The molecule has 0 bridgehead atoms. The summed E-state index contributed by atoms with van der Waals surface area (Å²) in [6.45, 7) is 1.90. The molecule has 0 aromatic heterocycles. The van der Waals surface area contributed by atoms with E-state index in [0.29, 0.717) is 11.6 Å². The summed E-state index contributed by atoms with van der Waals surface area (Å²) in [6, 6.07) is 6.86. The van der Waals surface area contributed by atoms with Crippen molar-refractivity contribution in [3.8, 4) is 6.07 Å². The minimum Gasteiger partial charge on any atom is -0.295 e. The molecule has 0 amide bonds. The van der Waals surface area contributed by atoms with Gasteiger partial charge in [0, 0.05) is 11.6 Å². The topological polar surface area (TPSA) is 35.8 Å². The fraction of sp³-hybridized carbons (Fsp3) is 0.417. The van der Waals surface area contributed by atoms with E-state index in [9.17, 15) is 4.39 Å². The summed E-state index contributed by atoms with van der Waals surface area (Å²) >= 11 is 0. The Labute approximate surface area is 88.7 Å². The van der Waals surface area contributed by atoms with Gasteiger partial charge in [-0.25, -0.2) is 4.39 Å². The molecule has 1 fully saturated rings. The lowest BCUT2D eigenvalue weighted by molar-refractivity contribution is 0.559. The first-order valence-electron chi connectivity index (χ1n) is 5.12. The van der Waals surface area contributed by atoms with Crippen molar-refractivity contribution in [2.24, 2.45) is 0 Å². The molecule has 2 rings (SSSR count). The quantitative estimate of drug-likeness (QED) is 0.820. The van der Waals surface area contributed by atoms with Crippen LogP contribution in [0.5, 0.6) is 0 Å². The van der Waals surface area contributed by atoms with Gasteiger partial charge in [0.1, 0.15) is 11.9 Å². The third kappa shape index (κ3) is 2.34. The summed E-state index contributed by atoms with van der Waals surface area (Å²) in [5, 5.41) is 12.1. The molecule has 0 radical (unpaired) electrons. The lowest BCUT2D eigenvalue weighted by Crippen LogP contribution is -2.23. The molecule has 1 atom stereocenters. The van der Waals surface area contributed by atoms with Crippen LogP contribution in [0.4, 0.5) is 4.39 Å². The highest BCUT2D eigenvalue weighted by molar-refractivity contribution is 5.30. The SMILES string of the molecule is Cc1ccc(F)c(C(C#N)NC2CC2)c1. The molecule has 1 saturated carbocycles. The Hall–Kier alpha value is -1.40. The van der Waals surface area contributed by atoms with E-state index in [0.717, 1.165) is 18.4 Å². The summed E-state index contributed by atoms with van der Waals surface area (Å²) in [6.07, 6.45) is 2.18. The van der Waals surface area contributed by atoms with Gasteiger partial charge in [-0.2, -0.15) is 5.26 Å². The van der Waals surface area contributed by atoms with E-state index < -0.39 is 6.04 Å². The zero-order valence-electron chi connectivity index (χ0n) is 8.63. The van der Waals surface area contributed by atoms with E-state index in [1.807, 2.05) is 6.92 Å². The lowest BCUT2D eigenvalue weighted by atomic mass is 10.0. The average Bonchev–Trinajstić information content (AvgIpc) is 3.02. The van der Waals surface area contributed by atoms with Gasteiger partial charge in [0.15, 0.2) is 0 Å². The lowest BCUT2D eigenvalue weighted by Gasteiger charge is -2.12. The van der Waals surface area contributed by atoms with Gasteiger partial charge in [-0.1, -0.05) is 17.7 Å². The zero-order chi connectivity index (χ0) is 10.8. The van der Waals surface area contributed by atoms with Crippen LogP contribution in [0.2, 0.25) is 0 Å². The standard InChI is InChI=1S/C12H13FN2/c1-8-2-5-11(13)10(6-8)12(7-14)15-9-3-4-9/h2,5-6,9,12,15H,3-4H2,1H3. The van der Waals surface area contributed by atoms with Gasteiger partial charge in [-0.15, -0.1) is 0 Å². The molecule has 1 aromatic rings. The number of rotatable bonds is 3. The van der Waals surface area contributed by atoms with Gasteiger partial charge >= 0.3 is 0 Å². The normalized spacial score (nSPS) is 17.1. The number of nitrogens with one attached hydrogen (secondary N) is 1. The monoisotopic (exact) mass is 204 g/mol. The van der Waals surface area contributed by atoms with Crippen molar-refractivity contribution in [3.05, 3.63) is 35.1 Å². The molecule has 1 unspecified atom stereocenters. The second-order valence-corrected chi connectivity index (χ2v) is 4.03. The summed E-state index contributed by atoms with van der Waals surface area (Å²) in [4.78, 5) is 0. The van der Waals surface area contributed by atoms with Crippen LogP contribution in [0.15, 0.2) is 18.2 Å². The number of benzene rings is 1. The van der Waals surface area contributed by atoms with E-state index in [1.54, 1.807) is 12.1 Å². The Bertz CT molecular complexity index is 405. The summed E-state index contributed by atoms with van der Waals surface area (Å²) in [5.41, 5.74) is 1.44. The second kappa shape index (κ2) is 4.00. The molecule has 0 heterocycles. The number of nitriles is 1. The van der Waals surface area contributed by atoms with Crippen molar-refractivity contribution >= 4 is 0 Å². The van der Waals surface area contributed by atoms with Crippen molar-refractivity contribution in [1.29, 1.82) is 5.26 Å². The molecule has 1 aromatic carbocycles. The maximum atomic E-state index is 13.5.